The number of hydrogen-bond donors (Lipinski definition) is 2. The van der Waals surface area contributed by atoms with E-state index in [0.717, 1.165) is 6.07 Å². The Morgan fingerprint density at radius 2 is 1.74 bits per heavy atom. The number of anilines is 1. The molecule has 2 atom stereocenters. The third kappa shape index (κ3) is 7.02. The summed E-state index contributed by atoms with van der Waals surface area (Å²) < 4.78 is 34.9. The fourth-order valence-electron chi connectivity index (χ4n) is 5.08. The number of carbonyl (C=O) groups excluding carboxylic acids is 2. The Balaban J connectivity index is 1.40. The lowest BCUT2D eigenvalue weighted by molar-refractivity contribution is -0.151. The van der Waals surface area contributed by atoms with E-state index in [-0.39, 0.29) is 29.5 Å². The molecule has 0 spiro atoms. The Hall–Kier alpha value is -5.49. The molecule has 0 saturated carbocycles. The van der Waals surface area contributed by atoms with Gasteiger partial charge in [0.1, 0.15) is 29.2 Å². The fraction of sp³-hybridized carbons (Fsp3) is 0.257. The van der Waals surface area contributed by atoms with Crippen molar-refractivity contribution in [1.82, 2.24) is 14.3 Å². The van der Waals surface area contributed by atoms with Gasteiger partial charge in [0.05, 0.1) is 30.6 Å². The number of rotatable bonds is 11. The Morgan fingerprint density at radius 1 is 1.00 bits per heavy atom. The van der Waals surface area contributed by atoms with Crippen molar-refractivity contribution in [2.24, 2.45) is 11.7 Å². The number of nitrogens with two attached hydrogens (primary N) is 1. The molecular formula is C35H36FN5O6. The third-order valence-electron chi connectivity index (χ3n) is 7.68. The molecule has 5 aromatic rings. The Labute approximate surface area is 270 Å². The van der Waals surface area contributed by atoms with E-state index in [4.69, 9.17) is 19.9 Å². The van der Waals surface area contributed by atoms with Crippen LogP contribution in [0.2, 0.25) is 0 Å². The number of halogens is 1. The molecule has 0 aliphatic rings. The summed E-state index contributed by atoms with van der Waals surface area (Å²) in [6.45, 7) is 7.00. The minimum Gasteiger partial charge on any atom is -0.497 e. The maximum absolute atomic E-state index is 15.3. The summed E-state index contributed by atoms with van der Waals surface area (Å²) in [4.78, 5) is 44.1. The Bertz CT molecular complexity index is 1990. The molecule has 0 fully saturated rings. The van der Waals surface area contributed by atoms with Crippen molar-refractivity contribution in [3.05, 3.63) is 106 Å². The topological polar surface area (TPSA) is 140 Å². The first-order valence-corrected chi connectivity index (χ1v) is 15.0. The van der Waals surface area contributed by atoms with Gasteiger partial charge in [-0.05, 0) is 62.2 Å². The number of esters is 1. The number of methoxy groups -OCH3 is 1. The number of aromatic nitrogens is 3. The van der Waals surface area contributed by atoms with Gasteiger partial charge < -0.3 is 25.3 Å². The zero-order chi connectivity index (χ0) is 33.8. The van der Waals surface area contributed by atoms with Crippen LogP contribution in [0.4, 0.5) is 10.1 Å². The summed E-state index contributed by atoms with van der Waals surface area (Å²) in [5.41, 5.74) is 6.78. The molecule has 11 nitrogen and oxygen atoms in total. The molecule has 5 rings (SSSR count). The van der Waals surface area contributed by atoms with E-state index in [9.17, 15) is 14.4 Å². The summed E-state index contributed by atoms with van der Waals surface area (Å²) in [6, 6.07) is 18.8. The quantitative estimate of drug-likeness (QED) is 0.178. The number of carbonyl (C=O) groups is 2. The number of amides is 1. The van der Waals surface area contributed by atoms with Crippen LogP contribution in [0.5, 0.6) is 17.2 Å². The largest absolute Gasteiger partial charge is 0.497 e. The second-order valence-electron chi connectivity index (χ2n) is 11.4. The van der Waals surface area contributed by atoms with Gasteiger partial charge in [0.15, 0.2) is 11.6 Å². The number of hydrogen-bond acceptors (Lipinski definition) is 8. The van der Waals surface area contributed by atoms with Crippen molar-refractivity contribution >= 4 is 28.5 Å². The van der Waals surface area contributed by atoms with Gasteiger partial charge in [-0.1, -0.05) is 32.0 Å². The zero-order valence-electron chi connectivity index (χ0n) is 26.7. The number of para-hydroxylation sites is 1. The Kier molecular flexibility index (Phi) is 9.71. The van der Waals surface area contributed by atoms with Crippen LogP contribution in [-0.4, -0.2) is 45.5 Å². The van der Waals surface area contributed by atoms with E-state index in [1.54, 1.807) is 86.4 Å². The maximum atomic E-state index is 15.3. The van der Waals surface area contributed by atoms with Crippen LogP contribution in [0.1, 0.15) is 36.8 Å². The highest BCUT2D eigenvalue weighted by atomic mass is 19.1. The molecule has 3 N–H and O–H groups in total. The number of nitrogens with one attached hydrogen (secondary N) is 1. The third-order valence-corrected chi connectivity index (χ3v) is 7.68. The van der Waals surface area contributed by atoms with E-state index in [1.165, 1.54) is 16.8 Å². The van der Waals surface area contributed by atoms with Crippen LogP contribution in [0.15, 0.2) is 83.8 Å². The second-order valence-corrected chi connectivity index (χ2v) is 11.4. The fourth-order valence-corrected chi connectivity index (χ4v) is 5.08. The van der Waals surface area contributed by atoms with Crippen molar-refractivity contribution in [3.63, 3.8) is 0 Å². The van der Waals surface area contributed by atoms with E-state index < -0.39 is 35.4 Å². The molecule has 0 bridgehead atoms. The molecule has 1 amide bonds. The van der Waals surface area contributed by atoms with Gasteiger partial charge in [0, 0.05) is 29.4 Å². The van der Waals surface area contributed by atoms with E-state index >= 15 is 4.39 Å². The van der Waals surface area contributed by atoms with Crippen LogP contribution < -0.4 is 26.1 Å². The standard InChI is InChI=1S/C35H36FN5O6/c1-20(2)32(37)35(44)46-21(3)19-40-22(4)31(34(43)41(40)24-9-7-6-8-10-24)33(42)39-23-11-14-30(27(36)17-23)47-29-15-16-38-28-18-25(45-5)12-13-26(28)29/h6-18,20-21,32H,19,37H2,1-5H3,(H,39,42)/t21-,32+/m0/s1. The molecule has 47 heavy (non-hydrogen) atoms. The molecule has 0 radical (unpaired) electrons. The minimum atomic E-state index is -0.800. The average Bonchev–Trinajstić information content (AvgIpc) is 3.29. The average molecular weight is 642 g/mol. The molecule has 0 saturated heterocycles. The van der Waals surface area contributed by atoms with Gasteiger partial charge in [-0.25, -0.2) is 9.07 Å². The summed E-state index contributed by atoms with van der Waals surface area (Å²) in [5.74, 6) is -1.20. The summed E-state index contributed by atoms with van der Waals surface area (Å²) in [6.07, 6.45) is 0.871. The van der Waals surface area contributed by atoms with Crippen molar-refractivity contribution in [1.29, 1.82) is 0 Å². The highest BCUT2D eigenvalue weighted by Gasteiger charge is 2.27. The summed E-state index contributed by atoms with van der Waals surface area (Å²) in [5, 5.41) is 3.29. The van der Waals surface area contributed by atoms with Crippen molar-refractivity contribution in [2.45, 2.75) is 46.4 Å². The van der Waals surface area contributed by atoms with E-state index in [1.807, 2.05) is 13.8 Å². The highest BCUT2D eigenvalue weighted by molar-refractivity contribution is 6.05. The molecule has 0 aliphatic carbocycles. The normalized spacial score (nSPS) is 12.5. The highest BCUT2D eigenvalue weighted by Crippen LogP contribution is 2.33. The number of pyridine rings is 1. The predicted molar refractivity (Wildman–Crippen MR) is 176 cm³/mol. The van der Waals surface area contributed by atoms with Crippen molar-refractivity contribution < 1.29 is 28.2 Å². The van der Waals surface area contributed by atoms with Gasteiger partial charge in [-0.2, -0.15) is 0 Å². The second kappa shape index (κ2) is 13.9. The van der Waals surface area contributed by atoms with Crippen LogP contribution in [0, 0.1) is 18.7 Å². The monoisotopic (exact) mass is 641 g/mol. The predicted octanol–water partition coefficient (Wildman–Crippen LogP) is 5.60. The van der Waals surface area contributed by atoms with Gasteiger partial charge >= 0.3 is 5.97 Å². The number of nitrogens with zero attached hydrogens (tertiary/aromatic N) is 3. The molecule has 0 unspecified atom stereocenters. The number of ether oxygens (including phenoxy) is 3. The molecular weight excluding hydrogens is 605 g/mol. The number of fused-ring (bicyclic) bond motifs is 1. The molecule has 3 aromatic carbocycles. The van der Waals surface area contributed by atoms with E-state index in [0.29, 0.717) is 33.8 Å². The van der Waals surface area contributed by atoms with Gasteiger partial charge in [-0.15, -0.1) is 0 Å². The first-order valence-electron chi connectivity index (χ1n) is 15.0. The van der Waals surface area contributed by atoms with Crippen LogP contribution in [-0.2, 0) is 16.1 Å². The molecule has 12 heteroatoms. The minimum absolute atomic E-state index is 0.0664. The summed E-state index contributed by atoms with van der Waals surface area (Å²) in [7, 11) is 1.55. The first kappa shape index (κ1) is 32.9. The lowest BCUT2D eigenvalue weighted by atomic mass is 10.1. The van der Waals surface area contributed by atoms with Gasteiger partial charge in [-0.3, -0.25) is 24.0 Å². The van der Waals surface area contributed by atoms with Gasteiger partial charge in [0.2, 0.25) is 0 Å². The smallest absolute Gasteiger partial charge is 0.323 e. The number of benzene rings is 3. The first-order chi connectivity index (χ1) is 22.5. The summed E-state index contributed by atoms with van der Waals surface area (Å²) >= 11 is 0. The lowest BCUT2D eigenvalue weighted by Gasteiger charge is -2.21. The lowest BCUT2D eigenvalue weighted by Crippen LogP contribution is -2.39. The molecule has 2 heterocycles. The molecule has 2 aromatic heterocycles. The SMILES string of the molecule is COc1ccc2c(Oc3ccc(NC(=O)c4c(C)n(C[C@H](C)OC(=O)[C@H](N)C(C)C)n(-c5ccccc5)c4=O)cc3F)ccnc2c1. The van der Waals surface area contributed by atoms with Crippen molar-refractivity contribution in [2.75, 3.05) is 12.4 Å². The van der Waals surface area contributed by atoms with Gasteiger partial charge in [0.25, 0.3) is 11.5 Å². The molecule has 0 aliphatic heterocycles. The maximum Gasteiger partial charge on any atom is 0.323 e. The van der Waals surface area contributed by atoms with Crippen LogP contribution in [0.3, 0.4) is 0 Å². The van der Waals surface area contributed by atoms with Crippen molar-refractivity contribution in [3.8, 4) is 22.9 Å². The Morgan fingerprint density at radius 3 is 2.43 bits per heavy atom. The van der Waals surface area contributed by atoms with E-state index in [2.05, 4.69) is 10.3 Å². The van der Waals surface area contributed by atoms with Crippen LogP contribution in [0.25, 0.3) is 16.6 Å². The molecule has 244 valence electrons. The zero-order valence-corrected chi connectivity index (χ0v) is 26.7. The van der Waals surface area contributed by atoms with Crippen LogP contribution >= 0.6 is 0 Å².